The van der Waals surface area contributed by atoms with Crippen LogP contribution >= 0.6 is 0 Å². The summed E-state index contributed by atoms with van der Waals surface area (Å²) < 4.78 is 106. The number of rotatable bonds is 6. The first-order chi connectivity index (χ1) is 19.3. The van der Waals surface area contributed by atoms with Gasteiger partial charge in [-0.2, -0.15) is 26.3 Å². The number of piperidine rings is 1. The molecule has 0 aliphatic carbocycles. The Balaban J connectivity index is 1.43. The van der Waals surface area contributed by atoms with Crippen molar-refractivity contribution in [2.45, 2.75) is 56.3 Å². The molecule has 41 heavy (non-hydrogen) atoms. The number of hydrogen-bond acceptors (Lipinski definition) is 4. The van der Waals surface area contributed by atoms with Gasteiger partial charge in [-0.1, -0.05) is 12.1 Å². The zero-order chi connectivity index (χ0) is 29.5. The fraction of sp³-hybridized carbons (Fsp3) is 0.552. The number of amides is 1. The maximum atomic E-state index is 13.8. The van der Waals surface area contributed by atoms with E-state index in [2.05, 4.69) is 4.90 Å². The molecule has 3 saturated heterocycles. The second-order valence-electron chi connectivity index (χ2n) is 11.1. The van der Waals surface area contributed by atoms with E-state index < -0.39 is 47.4 Å². The molecule has 3 aliphatic heterocycles. The quantitative estimate of drug-likeness (QED) is 0.386. The van der Waals surface area contributed by atoms with E-state index in [4.69, 9.17) is 9.47 Å². The lowest BCUT2D eigenvalue weighted by Gasteiger charge is -2.39. The normalized spacial score (nSPS) is 26.7. The average Bonchev–Trinajstić information content (AvgIpc) is 3.26. The van der Waals surface area contributed by atoms with Crippen molar-refractivity contribution in [3.05, 3.63) is 70.5 Å². The van der Waals surface area contributed by atoms with Crippen molar-refractivity contribution in [3.63, 3.8) is 0 Å². The summed E-state index contributed by atoms with van der Waals surface area (Å²) in [6, 6.07) is 6.86. The minimum Gasteiger partial charge on any atom is -0.379 e. The molecule has 0 N–H and O–H groups in total. The molecule has 0 spiro atoms. The van der Waals surface area contributed by atoms with Crippen molar-refractivity contribution in [1.29, 1.82) is 0 Å². The molecular formula is C29H31F7N2O3. The number of alkyl halides is 6. The lowest BCUT2D eigenvalue weighted by Crippen LogP contribution is -2.48. The Morgan fingerprint density at radius 1 is 0.976 bits per heavy atom. The maximum Gasteiger partial charge on any atom is 0.416 e. The lowest BCUT2D eigenvalue weighted by molar-refractivity contribution is -0.143. The Hall–Kier alpha value is -2.70. The van der Waals surface area contributed by atoms with Gasteiger partial charge in [-0.05, 0) is 60.7 Å². The molecule has 5 nitrogen and oxygen atoms in total. The van der Waals surface area contributed by atoms with Crippen LogP contribution < -0.4 is 0 Å². The van der Waals surface area contributed by atoms with Gasteiger partial charge in [-0.3, -0.25) is 9.69 Å². The van der Waals surface area contributed by atoms with Crippen LogP contribution in [0.1, 0.15) is 54.0 Å². The van der Waals surface area contributed by atoms with Crippen LogP contribution in [0.25, 0.3) is 0 Å². The Bertz CT molecular complexity index is 1200. The van der Waals surface area contributed by atoms with Gasteiger partial charge in [0.25, 0.3) is 0 Å². The zero-order valence-electron chi connectivity index (χ0n) is 22.3. The first-order valence-electron chi connectivity index (χ1n) is 13.6. The number of carbonyl (C=O) groups is 1. The third-order valence-electron chi connectivity index (χ3n) is 8.28. The monoisotopic (exact) mass is 588 g/mol. The third kappa shape index (κ3) is 6.70. The fourth-order valence-electron chi connectivity index (χ4n) is 6.33. The number of morpholine rings is 1. The summed E-state index contributed by atoms with van der Waals surface area (Å²) in [6.07, 6.45) is -10.9. The van der Waals surface area contributed by atoms with Crippen LogP contribution in [0.2, 0.25) is 0 Å². The van der Waals surface area contributed by atoms with E-state index in [0.717, 1.165) is 13.1 Å². The number of benzene rings is 2. The molecule has 2 aromatic carbocycles. The summed E-state index contributed by atoms with van der Waals surface area (Å²) in [5.41, 5.74) is -2.42. The van der Waals surface area contributed by atoms with E-state index in [-0.39, 0.29) is 36.0 Å². The van der Waals surface area contributed by atoms with Gasteiger partial charge >= 0.3 is 12.4 Å². The number of carbonyl (C=O) groups excluding carboxylic acids is 1. The van der Waals surface area contributed by atoms with Crippen molar-refractivity contribution >= 4 is 5.91 Å². The molecule has 224 valence electrons. The molecule has 3 aliphatic rings. The standard InChI is InChI=1S/C29H31F7N2O3/c1-17(20-12-21(28(31,32)33)14-22(13-20)29(34,35)36)41-25-16-38-24(27(25)19-2-4-23(30)5-3-19)10-18(11-26(38)39)15-37-6-8-40-9-7-37/h2-5,12-14,17-18,24-25,27H,6-11,15-16H2,1H3/t17-,18?,24+,25+,27?/m1/s1. The van der Waals surface area contributed by atoms with Crippen LogP contribution in [0.3, 0.4) is 0 Å². The molecule has 2 unspecified atom stereocenters. The summed E-state index contributed by atoms with van der Waals surface area (Å²) in [4.78, 5) is 17.2. The highest BCUT2D eigenvalue weighted by Gasteiger charge is 2.49. The van der Waals surface area contributed by atoms with Crippen molar-refractivity contribution in [2.75, 3.05) is 39.4 Å². The van der Waals surface area contributed by atoms with Crippen LogP contribution in [-0.4, -0.2) is 67.2 Å². The summed E-state index contributed by atoms with van der Waals surface area (Å²) in [5.74, 6) is -0.923. The Labute approximate surface area is 233 Å². The van der Waals surface area contributed by atoms with Gasteiger partial charge in [0.15, 0.2) is 0 Å². The van der Waals surface area contributed by atoms with E-state index in [1.54, 1.807) is 17.0 Å². The summed E-state index contributed by atoms with van der Waals surface area (Å²) >= 11 is 0. The molecule has 3 fully saturated rings. The van der Waals surface area contributed by atoms with Gasteiger partial charge in [0.2, 0.25) is 5.91 Å². The van der Waals surface area contributed by atoms with Crippen LogP contribution in [0, 0.1) is 11.7 Å². The van der Waals surface area contributed by atoms with E-state index in [1.807, 2.05) is 0 Å². The average molecular weight is 589 g/mol. The fourth-order valence-corrected chi connectivity index (χ4v) is 6.33. The number of nitrogens with zero attached hydrogens (tertiary/aromatic N) is 2. The van der Waals surface area contributed by atoms with Crippen molar-refractivity contribution < 1.29 is 45.0 Å². The number of hydrogen-bond donors (Lipinski definition) is 0. The van der Waals surface area contributed by atoms with Gasteiger partial charge in [0, 0.05) is 44.6 Å². The van der Waals surface area contributed by atoms with E-state index in [1.165, 1.54) is 19.1 Å². The van der Waals surface area contributed by atoms with Crippen molar-refractivity contribution in [2.24, 2.45) is 5.92 Å². The lowest BCUT2D eigenvalue weighted by atomic mass is 9.81. The molecule has 5 atom stereocenters. The van der Waals surface area contributed by atoms with Crippen LogP contribution in [-0.2, 0) is 26.6 Å². The predicted octanol–water partition coefficient (Wildman–Crippen LogP) is 6.05. The molecule has 0 saturated carbocycles. The topological polar surface area (TPSA) is 42.0 Å². The molecule has 1 amide bonds. The number of fused-ring (bicyclic) bond motifs is 1. The molecule has 5 rings (SSSR count). The van der Waals surface area contributed by atoms with Gasteiger partial charge < -0.3 is 14.4 Å². The third-order valence-corrected chi connectivity index (χ3v) is 8.28. The second-order valence-corrected chi connectivity index (χ2v) is 11.1. The molecule has 0 radical (unpaired) electrons. The van der Waals surface area contributed by atoms with Crippen LogP contribution in [0.4, 0.5) is 30.7 Å². The van der Waals surface area contributed by atoms with E-state index in [0.29, 0.717) is 50.3 Å². The van der Waals surface area contributed by atoms with Gasteiger partial charge in [0.1, 0.15) is 5.82 Å². The SMILES string of the molecule is C[C@@H](O[C@H]1CN2C(=O)CC(CN3CCOCC3)C[C@H]2C1c1ccc(F)cc1)c1cc(C(F)(F)F)cc(C(F)(F)F)c1. The van der Waals surface area contributed by atoms with E-state index >= 15 is 0 Å². The highest BCUT2D eigenvalue weighted by molar-refractivity contribution is 5.78. The first-order valence-corrected chi connectivity index (χ1v) is 13.6. The molecular weight excluding hydrogens is 557 g/mol. The Morgan fingerprint density at radius 3 is 2.17 bits per heavy atom. The summed E-state index contributed by atoms with van der Waals surface area (Å²) in [7, 11) is 0. The summed E-state index contributed by atoms with van der Waals surface area (Å²) in [6.45, 7) is 5.01. The number of halogens is 7. The van der Waals surface area contributed by atoms with Gasteiger partial charge in [-0.25, -0.2) is 4.39 Å². The predicted molar refractivity (Wildman–Crippen MR) is 134 cm³/mol. The zero-order valence-corrected chi connectivity index (χ0v) is 22.3. The molecule has 0 bridgehead atoms. The largest absolute Gasteiger partial charge is 0.416 e. The van der Waals surface area contributed by atoms with Crippen molar-refractivity contribution in [3.8, 4) is 0 Å². The second kappa shape index (κ2) is 11.5. The molecule has 2 aromatic rings. The number of ether oxygens (including phenoxy) is 2. The summed E-state index contributed by atoms with van der Waals surface area (Å²) in [5, 5.41) is 0. The van der Waals surface area contributed by atoms with E-state index in [9.17, 15) is 35.5 Å². The van der Waals surface area contributed by atoms with Gasteiger partial charge in [-0.15, -0.1) is 0 Å². The maximum absolute atomic E-state index is 13.8. The van der Waals surface area contributed by atoms with Crippen LogP contribution in [0.5, 0.6) is 0 Å². The molecule has 12 heteroatoms. The highest BCUT2D eigenvalue weighted by Crippen LogP contribution is 2.45. The van der Waals surface area contributed by atoms with Crippen molar-refractivity contribution in [1.82, 2.24) is 9.80 Å². The minimum atomic E-state index is -4.98. The smallest absolute Gasteiger partial charge is 0.379 e. The molecule has 3 heterocycles. The Kier molecular flexibility index (Phi) is 8.37. The molecule has 0 aromatic heterocycles. The Morgan fingerprint density at radius 2 is 1.59 bits per heavy atom. The minimum absolute atomic E-state index is 0.0544. The van der Waals surface area contributed by atoms with Gasteiger partial charge in [0.05, 0.1) is 36.5 Å². The van der Waals surface area contributed by atoms with Crippen LogP contribution in [0.15, 0.2) is 42.5 Å². The highest BCUT2D eigenvalue weighted by atomic mass is 19.4. The first kappa shape index (κ1) is 29.8.